The van der Waals surface area contributed by atoms with E-state index in [4.69, 9.17) is 11.5 Å². The number of halogens is 1. The quantitative estimate of drug-likeness (QED) is 0.895. The predicted octanol–water partition coefficient (Wildman–Crippen LogP) is 2.25. The van der Waals surface area contributed by atoms with Crippen molar-refractivity contribution >= 4 is 27.5 Å². The molecule has 4 N–H and O–H groups in total. The van der Waals surface area contributed by atoms with E-state index in [1.54, 1.807) is 12.1 Å². The first-order valence-electron chi connectivity index (χ1n) is 6.57. The molecule has 0 spiro atoms. The largest absolute Gasteiger partial charge is 0.371 e. The lowest BCUT2D eigenvalue weighted by Crippen LogP contribution is -2.38. The molecule has 0 unspecified atom stereocenters. The summed E-state index contributed by atoms with van der Waals surface area (Å²) in [6.07, 6.45) is 4.38. The van der Waals surface area contributed by atoms with Crippen molar-refractivity contribution in [3.05, 3.63) is 28.2 Å². The average Bonchev–Trinajstić information content (AvgIpc) is 2.38. The van der Waals surface area contributed by atoms with Gasteiger partial charge in [-0.2, -0.15) is 0 Å². The standard InChI is InChI=1S/C14H20BrN3O/c1-18(11-5-3-10(16)4-6-11)13-7-2-9(14(17)19)8-12(13)15/h2,7-8,10-11H,3-6,16H2,1H3,(H2,17,19). The van der Waals surface area contributed by atoms with Crippen molar-refractivity contribution in [2.45, 2.75) is 37.8 Å². The number of hydrogen-bond donors (Lipinski definition) is 2. The normalized spacial score (nSPS) is 23.1. The van der Waals surface area contributed by atoms with Crippen LogP contribution in [0.25, 0.3) is 0 Å². The van der Waals surface area contributed by atoms with Crippen molar-refractivity contribution in [1.29, 1.82) is 0 Å². The first-order valence-corrected chi connectivity index (χ1v) is 7.36. The molecule has 1 amide bonds. The van der Waals surface area contributed by atoms with E-state index in [9.17, 15) is 4.79 Å². The number of carbonyl (C=O) groups is 1. The summed E-state index contributed by atoms with van der Waals surface area (Å²) in [5.74, 6) is -0.404. The van der Waals surface area contributed by atoms with E-state index in [1.807, 2.05) is 6.07 Å². The summed E-state index contributed by atoms with van der Waals surface area (Å²) in [6, 6.07) is 6.36. The van der Waals surface area contributed by atoms with Gasteiger partial charge in [0.05, 0.1) is 5.69 Å². The first kappa shape index (κ1) is 14.3. The molecule has 1 aromatic carbocycles. The molecule has 1 aromatic rings. The van der Waals surface area contributed by atoms with Crippen LogP contribution in [0.15, 0.2) is 22.7 Å². The number of primary amides is 1. The van der Waals surface area contributed by atoms with E-state index in [2.05, 4.69) is 27.9 Å². The first-order chi connectivity index (χ1) is 8.99. The number of rotatable bonds is 3. The average molecular weight is 326 g/mol. The maximum Gasteiger partial charge on any atom is 0.248 e. The predicted molar refractivity (Wildman–Crippen MR) is 81.3 cm³/mol. The number of carbonyl (C=O) groups excluding carboxylic acids is 1. The number of nitrogens with two attached hydrogens (primary N) is 2. The monoisotopic (exact) mass is 325 g/mol. The van der Waals surface area contributed by atoms with Crippen molar-refractivity contribution in [3.8, 4) is 0 Å². The van der Waals surface area contributed by atoms with E-state index in [0.29, 0.717) is 17.6 Å². The zero-order valence-electron chi connectivity index (χ0n) is 11.1. The summed E-state index contributed by atoms with van der Waals surface area (Å²) in [7, 11) is 2.09. The smallest absolute Gasteiger partial charge is 0.248 e. The summed E-state index contributed by atoms with van der Waals surface area (Å²) < 4.78 is 0.904. The van der Waals surface area contributed by atoms with Crippen LogP contribution in [-0.4, -0.2) is 25.0 Å². The van der Waals surface area contributed by atoms with Crippen LogP contribution in [0.3, 0.4) is 0 Å². The fraction of sp³-hybridized carbons (Fsp3) is 0.500. The van der Waals surface area contributed by atoms with Gasteiger partial charge < -0.3 is 16.4 Å². The third kappa shape index (κ3) is 3.28. The highest BCUT2D eigenvalue weighted by molar-refractivity contribution is 9.10. The SMILES string of the molecule is CN(c1ccc(C(N)=O)cc1Br)C1CCC(N)CC1. The molecule has 4 nitrogen and oxygen atoms in total. The Morgan fingerprint density at radius 2 is 1.95 bits per heavy atom. The van der Waals surface area contributed by atoms with E-state index in [-0.39, 0.29) is 0 Å². The summed E-state index contributed by atoms with van der Waals surface area (Å²) in [5.41, 5.74) is 12.8. The molecule has 0 aliphatic heterocycles. The van der Waals surface area contributed by atoms with E-state index in [0.717, 1.165) is 35.8 Å². The maximum atomic E-state index is 11.1. The van der Waals surface area contributed by atoms with Gasteiger partial charge in [0.15, 0.2) is 0 Å². The van der Waals surface area contributed by atoms with Gasteiger partial charge in [-0.15, -0.1) is 0 Å². The molecule has 1 aliphatic carbocycles. The van der Waals surface area contributed by atoms with Gasteiger partial charge in [-0.1, -0.05) is 0 Å². The lowest BCUT2D eigenvalue weighted by atomic mass is 9.90. The van der Waals surface area contributed by atoms with Crippen LogP contribution in [-0.2, 0) is 0 Å². The van der Waals surface area contributed by atoms with Gasteiger partial charge in [0.1, 0.15) is 0 Å². The second-order valence-corrected chi connectivity index (χ2v) is 6.06. The van der Waals surface area contributed by atoms with Gasteiger partial charge in [-0.25, -0.2) is 0 Å². The van der Waals surface area contributed by atoms with Crippen LogP contribution in [0.5, 0.6) is 0 Å². The van der Waals surface area contributed by atoms with Gasteiger partial charge in [-0.3, -0.25) is 4.79 Å². The van der Waals surface area contributed by atoms with E-state index < -0.39 is 5.91 Å². The molecule has 0 radical (unpaired) electrons. The minimum Gasteiger partial charge on any atom is -0.371 e. The molecule has 1 fully saturated rings. The summed E-state index contributed by atoms with van der Waals surface area (Å²) in [6.45, 7) is 0. The molecular weight excluding hydrogens is 306 g/mol. The third-order valence-corrected chi connectivity index (χ3v) is 4.54. The fourth-order valence-corrected chi connectivity index (χ4v) is 3.29. The van der Waals surface area contributed by atoms with E-state index >= 15 is 0 Å². The molecule has 0 aromatic heterocycles. The van der Waals surface area contributed by atoms with Crippen molar-refractivity contribution in [3.63, 3.8) is 0 Å². The number of amides is 1. The minimum absolute atomic E-state index is 0.352. The van der Waals surface area contributed by atoms with E-state index in [1.165, 1.54) is 0 Å². The molecule has 1 aliphatic rings. The van der Waals surface area contributed by atoms with Gasteiger partial charge in [-0.05, 0) is 59.8 Å². The van der Waals surface area contributed by atoms with Gasteiger partial charge >= 0.3 is 0 Å². The van der Waals surface area contributed by atoms with Crippen molar-refractivity contribution in [1.82, 2.24) is 0 Å². The molecule has 5 heteroatoms. The van der Waals surface area contributed by atoms with Crippen molar-refractivity contribution in [2.24, 2.45) is 11.5 Å². The Labute approximate surface area is 122 Å². The second kappa shape index (κ2) is 5.92. The van der Waals surface area contributed by atoms with Gasteiger partial charge in [0.2, 0.25) is 5.91 Å². The molecule has 1 saturated carbocycles. The second-order valence-electron chi connectivity index (χ2n) is 5.21. The molecule has 104 valence electrons. The molecule has 0 saturated heterocycles. The Morgan fingerprint density at radius 1 is 1.32 bits per heavy atom. The Morgan fingerprint density at radius 3 is 2.47 bits per heavy atom. The number of hydrogen-bond acceptors (Lipinski definition) is 3. The highest BCUT2D eigenvalue weighted by atomic mass is 79.9. The summed E-state index contributed by atoms with van der Waals surface area (Å²) in [4.78, 5) is 13.4. The van der Waals surface area contributed by atoms with Crippen LogP contribution in [0.1, 0.15) is 36.0 Å². The van der Waals surface area contributed by atoms with Crippen molar-refractivity contribution < 1.29 is 4.79 Å². The Hall–Kier alpha value is -1.07. The molecule has 2 rings (SSSR count). The molecule has 0 heterocycles. The molecule has 0 atom stereocenters. The minimum atomic E-state index is -0.404. The van der Waals surface area contributed by atoms with Gasteiger partial charge in [0.25, 0.3) is 0 Å². The lowest BCUT2D eigenvalue weighted by molar-refractivity contribution is 0.100. The van der Waals surface area contributed by atoms with Crippen LogP contribution in [0.2, 0.25) is 0 Å². The molecule has 19 heavy (non-hydrogen) atoms. The highest BCUT2D eigenvalue weighted by Crippen LogP contribution is 2.31. The number of anilines is 1. The Kier molecular flexibility index (Phi) is 4.47. The third-order valence-electron chi connectivity index (χ3n) is 3.90. The van der Waals surface area contributed by atoms with Gasteiger partial charge in [0, 0.05) is 29.2 Å². The molecular formula is C14H20BrN3O. The lowest BCUT2D eigenvalue weighted by Gasteiger charge is -2.35. The van der Waals surface area contributed by atoms with Crippen LogP contribution in [0.4, 0.5) is 5.69 Å². The fourth-order valence-electron chi connectivity index (χ4n) is 2.63. The molecule has 0 bridgehead atoms. The number of benzene rings is 1. The maximum absolute atomic E-state index is 11.1. The number of nitrogens with zero attached hydrogens (tertiary/aromatic N) is 1. The van der Waals surface area contributed by atoms with Crippen LogP contribution < -0.4 is 16.4 Å². The Bertz CT molecular complexity index is 470. The highest BCUT2D eigenvalue weighted by Gasteiger charge is 2.23. The summed E-state index contributed by atoms with van der Waals surface area (Å²) in [5, 5.41) is 0. The Balaban J connectivity index is 2.15. The summed E-state index contributed by atoms with van der Waals surface area (Å²) >= 11 is 3.52. The zero-order chi connectivity index (χ0) is 14.0. The topological polar surface area (TPSA) is 72.3 Å². The zero-order valence-corrected chi connectivity index (χ0v) is 12.7. The van der Waals surface area contributed by atoms with Crippen LogP contribution >= 0.6 is 15.9 Å². The van der Waals surface area contributed by atoms with Crippen LogP contribution in [0, 0.1) is 0 Å². The van der Waals surface area contributed by atoms with Crippen molar-refractivity contribution in [2.75, 3.05) is 11.9 Å².